The van der Waals surface area contributed by atoms with Gasteiger partial charge in [-0.3, -0.25) is 0 Å². The summed E-state index contributed by atoms with van der Waals surface area (Å²) in [5.74, 6) is 0. The van der Waals surface area contributed by atoms with E-state index in [1.165, 1.54) is 24.0 Å². The van der Waals surface area contributed by atoms with E-state index in [4.69, 9.17) is 0 Å². The lowest BCUT2D eigenvalue weighted by Crippen LogP contribution is -2.36. The van der Waals surface area contributed by atoms with Crippen molar-refractivity contribution in [1.29, 1.82) is 0 Å². The SMILES string of the molecule is CCCC(C)N(C)CC(NC)c1ccccc1C. The average Bonchev–Trinajstić information content (AvgIpc) is 2.37. The fourth-order valence-electron chi connectivity index (χ4n) is 2.43. The van der Waals surface area contributed by atoms with E-state index in [1.807, 2.05) is 0 Å². The molecule has 0 fully saturated rings. The molecule has 0 saturated carbocycles. The zero-order valence-corrected chi connectivity index (χ0v) is 12.5. The number of rotatable bonds is 7. The summed E-state index contributed by atoms with van der Waals surface area (Å²) in [4.78, 5) is 2.46. The summed E-state index contributed by atoms with van der Waals surface area (Å²) in [5.41, 5.74) is 2.78. The molecular weight excluding hydrogens is 220 g/mol. The lowest BCUT2D eigenvalue weighted by molar-refractivity contribution is 0.222. The molecule has 1 N–H and O–H groups in total. The van der Waals surface area contributed by atoms with Crippen molar-refractivity contribution < 1.29 is 0 Å². The van der Waals surface area contributed by atoms with Crippen molar-refractivity contribution in [3.05, 3.63) is 35.4 Å². The van der Waals surface area contributed by atoms with Crippen LogP contribution in [0.15, 0.2) is 24.3 Å². The predicted molar refractivity (Wildman–Crippen MR) is 80.0 cm³/mol. The minimum absolute atomic E-state index is 0.413. The van der Waals surface area contributed by atoms with Crippen LogP contribution in [0, 0.1) is 6.92 Å². The number of hydrogen-bond acceptors (Lipinski definition) is 2. The van der Waals surface area contributed by atoms with Crippen LogP contribution in [0.2, 0.25) is 0 Å². The highest BCUT2D eigenvalue weighted by Gasteiger charge is 2.16. The molecule has 0 aliphatic rings. The first-order valence-electron chi connectivity index (χ1n) is 7.03. The average molecular weight is 248 g/mol. The minimum atomic E-state index is 0.413. The molecule has 0 aliphatic carbocycles. The van der Waals surface area contributed by atoms with Crippen LogP contribution in [0.1, 0.15) is 43.9 Å². The predicted octanol–water partition coefficient (Wildman–Crippen LogP) is 3.38. The fourth-order valence-corrected chi connectivity index (χ4v) is 2.43. The van der Waals surface area contributed by atoms with Crippen molar-refractivity contribution >= 4 is 0 Å². The van der Waals surface area contributed by atoms with Gasteiger partial charge >= 0.3 is 0 Å². The van der Waals surface area contributed by atoms with E-state index in [0.29, 0.717) is 12.1 Å². The van der Waals surface area contributed by atoms with Crippen LogP contribution in [0.3, 0.4) is 0 Å². The van der Waals surface area contributed by atoms with Crippen molar-refractivity contribution in [3.8, 4) is 0 Å². The second kappa shape index (κ2) is 7.55. The Bertz CT molecular complexity index is 349. The lowest BCUT2D eigenvalue weighted by atomic mass is 10.0. The summed E-state index contributed by atoms with van der Waals surface area (Å²) < 4.78 is 0. The third-order valence-corrected chi connectivity index (χ3v) is 3.84. The van der Waals surface area contributed by atoms with Crippen LogP contribution in [-0.2, 0) is 0 Å². The fraction of sp³-hybridized carbons (Fsp3) is 0.625. The Hall–Kier alpha value is -0.860. The van der Waals surface area contributed by atoms with Crippen molar-refractivity contribution in [3.63, 3.8) is 0 Å². The quantitative estimate of drug-likeness (QED) is 0.796. The first-order valence-corrected chi connectivity index (χ1v) is 7.03. The topological polar surface area (TPSA) is 15.3 Å². The maximum Gasteiger partial charge on any atom is 0.0449 e. The largest absolute Gasteiger partial charge is 0.312 e. The van der Waals surface area contributed by atoms with E-state index in [9.17, 15) is 0 Å². The van der Waals surface area contributed by atoms with E-state index < -0.39 is 0 Å². The Labute approximate surface area is 112 Å². The van der Waals surface area contributed by atoms with Crippen molar-refractivity contribution in [1.82, 2.24) is 10.2 Å². The number of nitrogens with one attached hydrogen (secondary N) is 1. The summed E-state index contributed by atoms with van der Waals surface area (Å²) in [6.45, 7) is 7.81. The van der Waals surface area contributed by atoms with Gasteiger partial charge in [-0.2, -0.15) is 0 Å². The number of nitrogens with zero attached hydrogens (tertiary/aromatic N) is 1. The molecule has 0 aromatic heterocycles. The molecule has 2 atom stereocenters. The Morgan fingerprint density at radius 2 is 1.94 bits per heavy atom. The van der Waals surface area contributed by atoms with Crippen molar-refractivity contribution in [2.24, 2.45) is 0 Å². The maximum absolute atomic E-state index is 3.45. The molecule has 1 aromatic carbocycles. The maximum atomic E-state index is 3.45. The number of hydrogen-bond donors (Lipinski definition) is 1. The Balaban J connectivity index is 2.70. The van der Waals surface area contributed by atoms with Crippen LogP contribution in [0.5, 0.6) is 0 Å². The molecule has 1 rings (SSSR count). The number of aryl methyl sites for hydroxylation is 1. The van der Waals surface area contributed by atoms with Gasteiger partial charge in [-0.25, -0.2) is 0 Å². The van der Waals surface area contributed by atoms with E-state index >= 15 is 0 Å². The van der Waals surface area contributed by atoms with Gasteiger partial charge in [-0.15, -0.1) is 0 Å². The Morgan fingerprint density at radius 1 is 1.28 bits per heavy atom. The van der Waals surface area contributed by atoms with Crippen LogP contribution in [0.25, 0.3) is 0 Å². The van der Waals surface area contributed by atoms with E-state index in [2.05, 4.69) is 69.3 Å². The molecule has 0 heterocycles. The number of benzene rings is 1. The van der Waals surface area contributed by atoms with Gasteiger partial charge in [0.1, 0.15) is 0 Å². The summed E-state index contributed by atoms with van der Waals surface area (Å²) in [6.07, 6.45) is 2.51. The standard InChI is InChI=1S/C16H28N2/c1-6-9-14(3)18(5)12-16(17-4)15-11-8-7-10-13(15)2/h7-8,10-11,14,16-17H,6,9,12H2,1-5H3. The molecule has 1 aromatic rings. The molecular formula is C16H28N2. The highest BCUT2D eigenvalue weighted by molar-refractivity contribution is 5.28. The summed E-state index contributed by atoms with van der Waals surface area (Å²) in [5, 5.41) is 3.45. The first kappa shape index (κ1) is 15.2. The highest BCUT2D eigenvalue weighted by Crippen LogP contribution is 2.19. The molecule has 0 aliphatic heterocycles. The van der Waals surface area contributed by atoms with Gasteiger partial charge in [0.25, 0.3) is 0 Å². The molecule has 2 nitrogen and oxygen atoms in total. The van der Waals surface area contributed by atoms with E-state index in [0.717, 1.165) is 6.54 Å². The monoisotopic (exact) mass is 248 g/mol. The smallest absolute Gasteiger partial charge is 0.0449 e. The van der Waals surface area contributed by atoms with Gasteiger partial charge in [0, 0.05) is 18.6 Å². The molecule has 0 amide bonds. The molecule has 2 heteroatoms. The van der Waals surface area contributed by atoms with Crippen LogP contribution < -0.4 is 5.32 Å². The third-order valence-electron chi connectivity index (χ3n) is 3.84. The molecule has 0 saturated heterocycles. The van der Waals surface area contributed by atoms with Crippen molar-refractivity contribution in [2.75, 3.05) is 20.6 Å². The van der Waals surface area contributed by atoms with Gasteiger partial charge in [-0.05, 0) is 45.5 Å². The van der Waals surface area contributed by atoms with Crippen LogP contribution in [-0.4, -0.2) is 31.6 Å². The van der Waals surface area contributed by atoms with Gasteiger partial charge in [0.05, 0.1) is 0 Å². The third kappa shape index (κ3) is 4.11. The van der Waals surface area contributed by atoms with Crippen LogP contribution >= 0.6 is 0 Å². The van der Waals surface area contributed by atoms with Gasteiger partial charge in [-0.1, -0.05) is 37.6 Å². The molecule has 0 spiro atoms. The Morgan fingerprint density at radius 3 is 2.50 bits per heavy atom. The summed E-state index contributed by atoms with van der Waals surface area (Å²) >= 11 is 0. The van der Waals surface area contributed by atoms with E-state index in [-0.39, 0.29) is 0 Å². The number of likely N-dealkylation sites (N-methyl/N-ethyl adjacent to an activating group) is 2. The lowest BCUT2D eigenvalue weighted by Gasteiger charge is -2.29. The normalized spacial score (nSPS) is 14.8. The second-order valence-corrected chi connectivity index (χ2v) is 5.28. The summed E-state index contributed by atoms with van der Waals surface area (Å²) in [7, 11) is 4.28. The molecule has 102 valence electrons. The zero-order chi connectivity index (χ0) is 13.5. The van der Waals surface area contributed by atoms with Gasteiger partial charge in [0.15, 0.2) is 0 Å². The Kier molecular flexibility index (Phi) is 6.37. The molecule has 0 bridgehead atoms. The highest BCUT2D eigenvalue weighted by atomic mass is 15.1. The first-order chi connectivity index (χ1) is 8.60. The van der Waals surface area contributed by atoms with Gasteiger partial charge < -0.3 is 10.2 Å². The zero-order valence-electron chi connectivity index (χ0n) is 12.5. The van der Waals surface area contributed by atoms with E-state index in [1.54, 1.807) is 0 Å². The molecule has 18 heavy (non-hydrogen) atoms. The minimum Gasteiger partial charge on any atom is -0.312 e. The second-order valence-electron chi connectivity index (χ2n) is 5.28. The molecule has 0 radical (unpaired) electrons. The summed E-state index contributed by atoms with van der Waals surface area (Å²) in [6, 6.07) is 9.71. The molecule has 2 unspecified atom stereocenters. The van der Waals surface area contributed by atoms with Gasteiger partial charge in [0.2, 0.25) is 0 Å². The van der Waals surface area contributed by atoms with Crippen molar-refractivity contribution in [2.45, 2.75) is 45.7 Å². The van der Waals surface area contributed by atoms with Crippen LogP contribution in [0.4, 0.5) is 0 Å².